The van der Waals surface area contributed by atoms with Crippen molar-refractivity contribution in [2.24, 2.45) is 11.3 Å². The van der Waals surface area contributed by atoms with Crippen LogP contribution in [0.5, 0.6) is 0 Å². The fourth-order valence-corrected chi connectivity index (χ4v) is 4.26. The summed E-state index contributed by atoms with van der Waals surface area (Å²) in [5.74, 6) is 0.359. The number of ether oxygens (including phenoxy) is 2. The largest absolute Gasteiger partial charge is 0.512 e. The predicted octanol–water partition coefficient (Wildman–Crippen LogP) is 2.91. The molecule has 2 N–H and O–H groups in total. The van der Waals surface area contributed by atoms with Gasteiger partial charge in [0.05, 0.1) is 25.1 Å². The molecule has 2 unspecified atom stereocenters. The molecule has 3 aliphatic rings. The molecule has 0 aromatic carbocycles. The summed E-state index contributed by atoms with van der Waals surface area (Å²) in [4.78, 5) is 0. The van der Waals surface area contributed by atoms with Gasteiger partial charge in [0.15, 0.2) is 5.79 Å². The Bertz CT molecular complexity index is 411. The van der Waals surface area contributed by atoms with Crippen LogP contribution in [0.15, 0.2) is 11.3 Å². The molecule has 3 rings (SSSR count). The summed E-state index contributed by atoms with van der Waals surface area (Å²) < 4.78 is 11.3. The molecule has 1 saturated carbocycles. The third-order valence-corrected chi connectivity index (χ3v) is 5.72. The third kappa shape index (κ3) is 2.28. The van der Waals surface area contributed by atoms with Crippen LogP contribution in [-0.2, 0) is 9.47 Å². The number of aliphatic hydroxyl groups excluding tert-OH is 2. The molecule has 1 aliphatic heterocycles. The van der Waals surface area contributed by atoms with Gasteiger partial charge < -0.3 is 19.7 Å². The lowest BCUT2D eigenvalue weighted by molar-refractivity contribution is -0.146. The van der Waals surface area contributed by atoms with E-state index in [-0.39, 0.29) is 11.5 Å². The SMILES string of the molecule is CC1(CCC2=C(O)CCC3(C)C2CC[C@@H]3O)OCCO1. The highest BCUT2D eigenvalue weighted by Crippen LogP contribution is 2.55. The van der Waals surface area contributed by atoms with Gasteiger partial charge >= 0.3 is 0 Å². The van der Waals surface area contributed by atoms with Crippen molar-refractivity contribution >= 4 is 0 Å². The van der Waals surface area contributed by atoms with Crippen LogP contribution in [-0.4, -0.2) is 35.3 Å². The summed E-state index contributed by atoms with van der Waals surface area (Å²) in [5, 5.41) is 20.6. The predicted molar refractivity (Wildman–Crippen MR) is 75.3 cm³/mol. The first-order valence-electron chi connectivity index (χ1n) is 7.81. The summed E-state index contributed by atoms with van der Waals surface area (Å²) in [7, 11) is 0. The van der Waals surface area contributed by atoms with E-state index in [4.69, 9.17) is 9.47 Å². The molecule has 1 saturated heterocycles. The molecule has 114 valence electrons. The molecule has 0 bridgehead atoms. The molecule has 1 heterocycles. The van der Waals surface area contributed by atoms with Gasteiger partial charge in [-0.1, -0.05) is 6.92 Å². The van der Waals surface area contributed by atoms with Crippen LogP contribution in [0, 0.1) is 11.3 Å². The van der Waals surface area contributed by atoms with Gasteiger partial charge in [0, 0.05) is 18.3 Å². The third-order valence-electron chi connectivity index (χ3n) is 5.72. The van der Waals surface area contributed by atoms with E-state index in [1.807, 2.05) is 6.92 Å². The molecule has 0 radical (unpaired) electrons. The number of rotatable bonds is 3. The summed E-state index contributed by atoms with van der Waals surface area (Å²) in [5.41, 5.74) is 1.08. The minimum Gasteiger partial charge on any atom is -0.512 e. The van der Waals surface area contributed by atoms with E-state index in [2.05, 4.69) is 6.92 Å². The highest BCUT2D eigenvalue weighted by Gasteiger charge is 2.50. The maximum Gasteiger partial charge on any atom is 0.166 e. The quantitative estimate of drug-likeness (QED) is 0.835. The van der Waals surface area contributed by atoms with Crippen LogP contribution in [0.25, 0.3) is 0 Å². The summed E-state index contributed by atoms with van der Waals surface area (Å²) in [6.07, 6.45) is 4.75. The number of allylic oxidation sites excluding steroid dienone is 2. The number of aliphatic hydroxyl groups is 2. The Morgan fingerprint density at radius 2 is 1.90 bits per heavy atom. The van der Waals surface area contributed by atoms with Crippen LogP contribution >= 0.6 is 0 Å². The van der Waals surface area contributed by atoms with Crippen molar-refractivity contribution < 1.29 is 19.7 Å². The maximum absolute atomic E-state index is 10.3. The van der Waals surface area contributed by atoms with Gasteiger partial charge in [0.25, 0.3) is 0 Å². The van der Waals surface area contributed by atoms with Gasteiger partial charge in [-0.15, -0.1) is 0 Å². The molecule has 0 aromatic heterocycles. The van der Waals surface area contributed by atoms with E-state index in [0.717, 1.165) is 37.7 Å². The lowest BCUT2D eigenvalue weighted by Crippen LogP contribution is -2.37. The van der Waals surface area contributed by atoms with Gasteiger partial charge in [-0.3, -0.25) is 0 Å². The summed E-state index contributed by atoms with van der Waals surface area (Å²) >= 11 is 0. The Morgan fingerprint density at radius 3 is 2.60 bits per heavy atom. The fraction of sp³-hybridized carbons (Fsp3) is 0.875. The average molecular weight is 282 g/mol. The highest BCUT2D eigenvalue weighted by molar-refractivity contribution is 5.23. The zero-order chi connectivity index (χ0) is 14.4. The molecule has 0 spiro atoms. The fourth-order valence-electron chi connectivity index (χ4n) is 4.26. The first-order chi connectivity index (χ1) is 9.45. The average Bonchev–Trinajstić information content (AvgIpc) is 2.96. The Balaban J connectivity index is 1.74. The second kappa shape index (κ2) is 5.00. The van der Waals surface area contributed by atoms with Gasteiger partial charge in [-0.05, 0) is 44.1 Å². The second-order valence-electron chi connectivity index (χ2n) is 6.95. The normalized spacial score (nSPS) is 40.1. The Hall–Kier alpha value is -0.580. The first kappa shape index (κ1) is 14.4. The molecule has 0 aromatic rings. The van der Waals surface area contributed by atoms with Gasteiger partial charge in [0.1, 0.15) is 0 Å². The van der Waals surface area contributed by atoms with Crippen LogP contribution < -0.4 is 0 Å². The van der Waals surface area contributed by atoms with Crippen molar-refractivity contribution in [1.82, 2.24) is 0 Å². The number of fused-ring (bicyclic) bond motifs is 1. The van der Waals surface area contributed by atoms with Crippen molar-refractivity contribution in [3.8, 4) is 0 Å². The molecule has 2 fully saturated rings. The molecule has 4 heteroatoms. The highest BCUT2D eigenvalue weighted by atomic mass is 16.7. The molecule has 4 nitrogen and oxygen atoms in total. The van der Waals surface area contributed by atoms with Crippen molar-refractivity contribution in [1.29, 1.82) is 0 Å². The lowest BCUT2D eigenvalue weighted by atomic mass is 9.66. The van der Waals surface area contributed by atoms with Crippen LogP contribution in [0.4, 0.5) is 0 Å². The van der Waals surface area contributed by atoms with E-state index in [1.54, 1.807) is 0 Å². The van der Waals surface area contributed by atoms with Crippen LogP contribution in [0.3, 0.4) is 0 Å². The Morgan fingerprint density at radius 1 is 1.20 bits per heavy atom. The van der Waals surface area contributed by atoms with Crippen LogP contribution in [0.2, 0.25) is 0 Å². The van der Waals surface area contributed by atoms with Crippen LogP contribution in [0.1, 0.15) is 52.4 Å². The van der Waals surface area contributed by atoms with E-state index < -0.39 is 5.79 Å². The van der Waals surface area contributed by atoms with E-state index in [0.29, 0.717) is 31.3 Å². The topological polar surface area (TPSA) is 58.9 Å². The molecule has 0 amide bonds. The number of hydrogen-bond donors (Lipinski definition) is 2. The zero-order valence-corrected chi connectivity index (χ0v) is 12.5. The molecular formula is C16H26O4. The zero-order valence-electron chi connectivity index (χ0n) is 12.5. The number of hydrogen-bond acceptors (Lipinski definition) is 4. The van der Waals surface area contributed by atoms with Gasteiger partial charge in [-0.25, -0.2) is 0 Å². The molecule has 20 heavy (non-hydrogen) atoms. The summed E-state index contributed by atoms with van der Waals surface area (Å²) in [6, 6.07) is 0. The Kier molecular flexibility index (Phi) is 3.59. The van der Waals surface area contributed by atoms with Gasteiger partial charge in [-0.2, -0.15) is 0 Å². The Labute approximate surface area is 120 Å². The minimum atomic E-state index is -0.502. The van der Waals surface area contributed by atoms with Crippen molar-refractivity contribution in [2.75, 3.05) is 13.2 Å². The van der Waals surface area contributed by atoms with E-state index >= 15 is 0 Å². The maximum atomic E-state index is 10.3. The van der Waals surface area contributed by atoms with Crippen molar-refractivity contribution in [2.45, 2.75) is 64.3 Å². The monoisotopic (exact) mass is 282 g/mol. The molecule has 3 atom stereocenters. The van der Waals surface area contributed by atoms with E-state index in [1.165, 1.54) is 0 Å². The first-order valence-corrected chi connectivity index (χ1v) is 7.81. The summed E-state index contributed by atoms with van der Waals surface area (Å²) in [6.45, 7) is 5.46. The van der Waals surface area contributed by atoms with Crippen molar-refractivity contribution in [3.63, 3.8) is 0 Å². The second-order valence-corrected chi connectivity index (χ2v) is 6.95. The smallest absolute Gasteiger partial charge is 0.166 e. The molecular weight excluding hydrogens is 256 g/mol. The van der Waals surface area contributed by atoms with E-state index in [9.17, 15) is 10.2 Å². The lowest BCUT2D eigenvalue weighted by Gasteiger charge is -2.40. The standard InChI is InChI=1S/C16H26O4/c1-15-7-6-13(17)11(12(15)3-4-14(15)18)5-8-16(2)19-9-10-20-16/h12,14,17-18H,3-10H2,1-2H3/t12?,14-,15?/m0/s1. The van der Waals surface area contributed by atoms with Crippen molar-refractivity contribution in [3.05, 3.63) is 11.3 Å². The molecule has 2 aliphatic carbocycles. The van der Waals surface area contributed by atoms with Gasteiger partial charge in [0.2, 0.25) is 0 Å². The minimum absolute atomic E-state index is 0.0557.